The van der Waals surface area contributed by atoms with E-state index in [9.17, 15) is 18.3 Å². The zero-order chi connectivity index (χ0) is 18.5. The number of nitrogens with one attached hydrogen (secondary N) is 1. The van der Waals surface area contributed by atoms with E-state index in [0.717, 1.165) is 32.0 Å². The lowest BCUT2D eigenvalue weighted by Crippen LogP contribution is -2.48. The first-order valence-electron chi connectivity index (χ1n) is 8.27. The van der Waals surface area contributed by atoms with Crippen LogP contribution in [0.1, 0.15) is 16.8 Å². The summed E-state index contributed by atoms with van der Waals surface area (Å²) in [5, 5.41) is 10.6. The number of aromatic amines is 1. The molecule has 1 aromatic heterocycles. The van der Waals surface area contributed by atoms with Crippen molar-refractivity contribution >= 4 is 26.9 Å². The third-order valence-electron chi connectivity index (χ3n) is 4.87. The first-order chi connectivity index (χ1) is 12.4. The van der Waals surface area contributed by atoms with E-state index in [-0.39, 0.29) is 17.9 Å². The number of fused-ring (bicyclic) bond motifs is 3. The molecule has 4 rings (SSSR count). The van der Waals surface area contributed by atoms with E-state index in [4.69, 9.17) is 0 Å². The van der Waals surface area contributed by atoms with E-state index in [1.54, 1.807) is 12.1 Å². The average Bonchev–Trinajstić information content (AvgIpc) is 2.98. The molecule has 0 saturated carbocycles. The summed E-state index contributed by atoms with van der Waals surface area (Å²) in [7, 11) is -3.92. The molecular weight excluding hydrogens is 352 g/mol. The predicted molar refractivity (Wildman–Crippen MR) is 97.3 cm³/mol. The van der Waals surface area contributed by atoms with E-state index < -0.39 is 22.0 Å². The summed E-state index contributed by atoms with van der Waals surface area (Å²) >= 11 is 0. The van der Waals surface area contributed by atoms with Crippen LogP contribution in [0, 0.1) is 6.92 Å². The minimum absolute atomic E-state index is 0.0111. The van der Waals surface area contributed by atoms with Crippen molar-refractivity contribution in [2.45, 2.75) is 30.8 Å². The van der Waals surface area contributed by atoms with Crippen molar-refractivity contribution in [2.75, 3.05) is 0 Å². The van der Waals surface area contributed by atoms with Crippen LogP contribution in [0.5, 0.6) is 0 Å². The van der Waals surface area contributed by atoms with Crippen molar-refractivity contribution in [1.82, 2.24) is 9.29 Å². The van der Waals surface area contributed by atoms with Crippen molar-refractivity contribution in [1.29, 1.82) is 0 Å². The van der Waals surface area contributed by atoms with Crippen molar-refractivity contribution in [2.24, 2.45) is 0 Å². The Bertz CT molecular complexity index is 1100. The van der Waals surface area contributed by atoms with Crippen LogP contribution in [-0.4, -0.2) is 34.8 Å². The van der Waals surface area contributed by atoms with Gasteiger partial charge in [0.05, 0.1) is 11.4 Å². The first kappa shape index (κ1) is 16.8. The molecule has 3 aromatic rings. The van der Waals surface area contributed by atoms with Crippen LogP contribution in [0.3, 0.4) is 0 Å². The van der Waals surface area contributed by atoms with Gasteiger partial charge in [0.2, 0.25) is 10.0 Å². The third-order valence-corrected chi connectivity index (χ3v) is 6.74. The van der Waals surface area contributed by atoms with Gasteiger partial charge in [0.15, 0.2) is 0 Å². The number of nitrogens with zero attached hydrogens (tertiary/aromatic N) is 1. The number of hydrogen-bond donors (Lipinski definition) is 2. The summed E-state index contributed by atoms with van der Waals surface area (Å²) in [5.41, 5.74) is 3.45. The quantitative estimate of drug-likeness (QED) is 0.742. The summed E-state index contributed by atoms with van der Waals surface area (Å²) in [6, 6.07) is 12.9. The Labute approximate surface area is 151 Å². The second-order valence-corrected chi connectivity index (χ2v) is 8.44. The second kappa shape index (κ2) is 5.96. The Morgan fingerprint density at radius 1 is 1.15 bits per heavy atom. The Hall–Kier alpha value is -2.64. The van der Waals surface area contributed by atoms with E-state index in [2.05, 4.69) is 4.98 Å². The highest BCUT2D eigenvalue weighted by atomic mass is 32.2. The molecule has 26 heavy (non-hydrogen) atoms. The van der Waals surface area contributed by atoms with Crippen molar-refractivity contribution in [3.05, 3.63) is 65.4 Å². The number of carboxylic acid groups (broad SMARTS) is 1. The fourth-order valence-electron chi connectivity index (χ4n) is 3.49. The van der Waals surface area contributed by atoms with E-state index in [0.29, 0.717) is 0 Å². The Morgan fingerprint density at radius 2 is 1.85 bits per heavy atom. The topological polar surface area (TPSA) is 90.5 Å². The molecule has 0 unspecified atom stereocenters. The number of hydrogen-bond acceptors (Lipinski definition) is 3. The van der Waals surface area contributed by atoms with Gasteiger partial charge in [0, 0.05) is 23.0 Å². The van der Waals surface area contributed by atoms with Gasteiger partial charge in [-0.15, -0.1) is 0 Å². The Balaban J connectivity index is 1.82. The molecule has 0 amide bonds. The zero-order valence-electron chi connectivity index (χ0n) is 14.1. The molecule has 6 nitrogen and oxygen atoms in total. The number of aryl methyl sites for hydroxylation is 1. The lowest BCUT2D eigenvalue weighted by Gasteiger charge is -2.32. The second-order valence-electron chi connectivity index (χ2n) is 6.55. The van der Waals surface area contributed by atoms with Crippen LogP contribution in [0.25, 0.3) is 10.9 Å². The van der Waals surface area contributed by atoms with Gasteiger partial charge in [-0.1, -0.05) is 35.9 Å². The number of aromatic nitrogens is 1. The summed E-state index contributed by atoms with van der Waals surface area (Å²) < 4.78 is 27.3. The number of carboxylic acids is 1. The van der Waals surface area contributed by atoms with Crippen molar-refractivity contribution in [3.8, 4) is 0 Å². The summed E-state index contributed by atoms with van der Waals surface area (Å²) in [4.78, 5) is 15.2. The molecule has 0 spiro atoms. The van der Waals surface area contributed by atoms with Crippen LogP contribution >= 0.6 is 0 Å². The molecule has 0 fully saturated rings. The highest BCUT2D eigenvalue weighted by Gasteiger charge is 2.40. The van der Waals surface area contributed by atoms with E-state index in [1.165, 1.54) is 12.1 Å². The van der Waals surface area contributed by atoms with Gasteiger partial charge >= 0.3 is 5.97 Å². The highest BCUT2D eigenvalue weighted by Crippen LogP contribution is 2.33. The van der Waals surface area contributed by atoms with Gasteiger partial charge in [-0.05, 0) is 30.7 Å². The number of para-hydroxylation sites is 1. The normalized spacial score (nSPS) is 18.0. The van der Waals surface area contributed by atoms with E-state index in [1.807, 2.05) is 31.2 Å². The molecule has 0 radical (unpaired) electrons. The van der Waals surface area contributed by atoms with Crippen LogP contribution in [-0.2, 0) is 27.8 Å². The van der Waals surface area contributed by atoms with Gasteiger partial charge < -0.3 is 10.1 Å². The minimum Gasteiger partial charge on any atom is -0.480 e. The highest BCUT2D eigenvalue weighted by molar-refractivity contribution is 7.89. The maximum Gasteiger partial charge on any atom is 0.322 e. The molecule has 2 heterocycles. The molecule has 1 aliphatic rings. The monoisotopic (exact) mass is 370 g/mol. The number of H-pyrrole nitrogens is 1. The first-order valence-corrected chi connectivity index (χ1v) is 9.72. The minimum atomic E-state index is -3.92. The van der Waals surface area contributed by atoms with E-state index >= 15 is 0 Å². The average molecular weight is 370 g/mol. The lowest BCUT2D eigenvalue weighted by atomic mass is 9.99. The SMILES string of the molecule is Cc1ccc(S(=O)(=O)N2Cc3[nH]c4ccccc4c3C[C@@H]2C(=O)O)cc1. The van der Waals surface area contributed by atoms with Crippen molar-refractivity contribution < 1.29 is 18.3 Å². The smallest absolute Gasteiger partial charge is 0.322 e. The molecule has 134 valence electrons. The van der Waals surface area contributed by atoms with Crippen LogP contribution < -0.4 is 0 Å². The van der Waals surface area contributed by atoms with Gasteiger partial charge in [-0.3, -0.25) is 4.79 Å². The molecular formula is C19H18N2O4S. The largest absolute Gasteiger partial charge is 0.480 e. The molecule has 2 aromatic carbocycles. The number of carbonyl (C=O) groups is 1. The summed E-state index contributed by atoms with van der Waals surface area (Å²) in [6.07, 6.45) is 0.139. The Morgan fingerprint density at radius 3 is 2.54 bits per heavy atom. The zero-order valence-corrected chi connectivity index (χ0v) is 15.0. The molecule has 7 heteroatoms. The molecule has 2 N–H and O–H groups in total. The number of aliphatic carboxylic acids is 1. The lowest BCUT2D eigenvalue weighted by molar-refractivity contribution is -0.141. The number of rotatable bonds is 3. The van der Waals surface area contributed by atoms with Crippen LogP contribution in [0.4, 0.5) is 0 Å². The predicted octanol–water partition coefficient (Wildman–Crippen LogP) is 2.68. The maximum atomic E-state index is 13.1. The van der Waals surface area contributed by atoms with Gasteiger partial charge in [0.1, 0.15) is 6.04 Å². The van der Waals surface area contributed by atoms with Gasteiger partial charge in [0.25, 0.3) is 0 Å². The fourth-order valence-corrected chi connectivity index (χ4v) is 5.04. The summed E-state index contributed by atoms with van der Waals surface area (Å²) in [6.45, 7) is 1.88. The Kier molecular flexibility index (Phi) is 3.86. The van der Waals surface area contributed by atoms with Crippen molar-refractivity contribution in [3.63, 3.8) is 0 Å². The molecule has 0 saturated heterocycles. The van der Waals surface area contributed by atoms with Gasteiger partial charge in [-0.25, -0.2) is 8.42 Å². The standard InChI is InChI=1S/C19H18N2O4S/c1-12-6-8-13(9-7-12)26(24,25)21-11-17-15(10-18(21)19(22)23)14-4-2-3-5-16(14)20-17/h2-9,18,20H,10-11H2,1H3,(H,22,23)/t18-/m1/s1. The van der Waals surface area contributed by atoms with Crippen LogP contribution in [0.15, 0.2) is 53.4 Å². The number of benzene rings is 2. The number of sulfonamides is 1. The summed E-state index contributed by atoms with van der Waals surface area (Å²) in [5.74, 6) is -1.14. The fraction of sp³-hybridized carbons (Fsp3) is 0.211. The third kappa shape index (κ3) is 2.60. The maximum absolute atomic E-state index is 13.1. The molecule has 0 aliphatic carbocycles. The molecule has 1 aliphatic heterocycles. The molecule has 1 atom stereocenters. The van der Waals surface area contributed by atoms with Crippen LogP contribution in [0.2, 0.25) is 0 Å². The van der Waals surface area contributed by atoms with Gasteiger partial charge in [-0.2, -0.15) is 4.31 Å². The molecule has 0 bridgehead atoms.